The van der Waals surface area contributed by atoms with Crippen LogP contribution in [-0.4, -0.2) is 25.6 Å². The highest BCUT2D eigenvalue weighted by Gasteiger charge is 2.28. The zero-order valence-electron chi connectivity index (χ0n) is 10.2. The highest BCUT2D eigenvalue weighted by molar-refractivity contribution is 6.31. The highest BCUT2D eigenvalue weighted by atomic mass is 35.5. The first-order valence-corrected chi connectivity index (χ1v) is 6.88. The van der Waals surface area contributed by atoms with Gasteiger partial charge in [0.1, 0.15) is 12.6 Å². The molecule has 2 unspecified atom stereocenters. The van der Waals surface area contributed by atoms with Gasteiger partial charge in [0.05, 0.1) is 0 Å². The largest absolute Gasteiger partial charge is 0.478 e. The first kappa shape index (κ1) is 12.0. The maximum Gasteiger partial charge on any atom is 0.188 e. The Labute approximate surface area is 112 Å². The molecule has 18 heavy (non-hydrogen) atoms. The lowest BCUT2D eigenvalue weighted by molar-refractivity contribution is 0.286. The second-order valence-electron chi connectivity index (χ2n) is 4.86. The molecule has 2 heterocycles. The van der Waals surface area contributed by atoms with E-state index in [1.807, 2.05) is 24.3 Å². The summed E-state index contributed by atoms with van der Waals surface area (Å²) < 4.78 is 5.77. The van der Waals surface area contributed by atoms with Gasteiger partial charge in [-0.15, -0.1) is 0 Å². The van der Waals surface area contributed by atoms with Crippen molar-refractivity contribution in [3.05, 3.63) is 34.9 Å². The SMILES string of the molecule is Clc1ccccc1C1COC(C2CCCNC2)=N1. The molecule has 0 aromatic heterocycles. The lowest BCUT2D eigenvalue weighted by Crippen LogP contribution is -2.34. The molecule has 0 saturated carbocycles. The van der Waals surface area contributed by atoms with Crippen molar-refractivity contribution in [2.75, 3.05) is 19.7 Å². The molecule has 3 nitrogen and oxygen atoms in total. The molecule has 0 amide bonds. The van der Waals surface area contributed by atoms with Gasteiger partial charge in [0.15, 0.2) is 5.90 Å². The van der Waals surface area contributed by atoms with Crippen LogP contribution >= 0.6 is 11.6 Å². The van der Waals surface area contributed by atoms with E-state index in [-0.39, 0.29) is 6.04 Å². The third-order valence-corrected chi connectivity index (χ3v) is 3.93. The fourth-order valence-corrected chi connectivity index (χ4v) is 2.84. The van der Waals surface area contributed by atoms with E-state index in [9.17, 15) is 0 Å². The standard InChI is InChI=1S/C14H17ClN2O/c15-12-6-2-1-5-11(12)13-9-18-14(17-13)10-4-3-7-16-8-10/h1-2,5-6,10,13,16H,3-4,7-9H2. The van der Waals surface area contributed by atoms with Crippen molar-refractivity contribution in [1.29, 1.82) is 0 Å². The van der Waals surface area contributed by atoms with Crippen LogP contribution in [0.5, 0.6) is 0 Å². The summed E-state index contributed by atoms with van der Waals surface area (Å²) in [6.45, 7) is 2.71. The van der Waals surface area contributed by atoms with Crippen LogP contribution < -0.4 is 5.32 Å². The molecule has 2 aliphatic heterocycles. The van der Waals surface area contributed by atoms with Crippen LogP contribution in [-0.2, 0) is 4.74 Å². The Hall–Kier alpha value is -1.06. The van der Waals surface area contributed by atoms with E-state index < -0.39 is 0 Å². The van der Waals surface area contributed by atoms with Gasteiger partial charge in [0.25, 0.3) is 0 Å². The Bertz CT molecular complexity index is 455. The second kappa shape index (κ2) is 5.29. The van der Waals surface area contributed by atoms with E-state index in [4.69, 9.17) is 21.3 Å². The van der Waals surface area contributed by atoms with E-state index in [1.54, 1.807) is 0 Å². The number of ether oxygens (including phenoxy) is 1. The number of hydrogen-bond donors (Lipinski definition) is 1. The molecule has 1 saturated heterocycles. The molecule has 1 N–H and O–H groups in total. The average Bonchev–Trinajstić information content (AvgIpc) is 2.90. The minimum absolute atomic E-state index is 0.0654. The molecular weight excluding hydrogens is 248 g/mol. The Balaban J connectivity index is 1.77. The predicted molar refractivity (Wildman–Crippen MR) is 73.2 cm³/mol. The average molecular weight is 265 g/mol. The maximum atomic E-state index is 6.20. The minimum Gasteiger partial charge on any atom is -0.478 e. The van der Waals surface area contributed by atoms with E-state index >= 15 is 0 Å². The van der Waals surface area contributed by atoms with Crippen LogP contribution in [0.3, 0.4) is 0 Å². The zero-order chi connectivity index (χ0) is 12.4. The summed E-state index contributed by atoms with van der Waals surface area (Å²) in [6, 6.07) is 7.94. The monoisotopic (exact) mass is 264 g/mol. The van der Waals surface area contributed by atoms with Gasteiger partial charge >= 0.3 is 0 Å². The number of piperidine rings is 1. The number of rotatable bonds is 2. The number of aliphatic imine (C=N–C) groups is 1. The Morgan fingerprint density at radius 2 is 2.22 bits per heavy atom. The van der Waals surface area contributed by atoms with Gasteiger partial charge in [-0.25, -0.2) is 4.99 Å². The fourth-order valence-electron chi connectivity index (χ4n) is 2.58. The van der Waals surface area contributed by atoms with Crippen LogP contribution in [0.2, 0.25) is 5.02 Å². The molecule has 1 fully saturated rings. The van der Waals surface area contributed by atoms with Gasteiger partial charge in [-0.3, -0.25) is 0 Å². The Morgan fingerprint density at radius 1 is 1.33 bits per heavy atom. The van der Waals surface area contributed by atoms with Crippen LogP contribution in [0, 0.1) is 5.92 Å². The minimum atomic E-state index is 0.0654. The van der Waals surface area contributed by atoms with Gasteiger partial charge in [0.2, 0.25) is 0 Å². The van der Waals surface area contributed by atoms with E-state index in [1.165, 1.54) is 12.8 Å². The van der Waals surface area contributed by atoms with Gasteiger partial charge in [-0.2, -0.15) is 0 Å². The first-order valence-electron chi connectivity index (χ1n) is 6.50. The van der Waals surface area contributed by atoms with Gasteiger partial charge in [0, 0.05) is 17.5 Å². The van der Waals surface area contributed by atoms with Crippen molar-refractivity contribution < 1.29 is 4.74 Å². The second-order valence-corrected chi connectivity index (χ2v) is 5.27. The van der Waals surface area contributed by atoms with Crippen molar-refractivity contribution in [3.8, 4) is 0 Å². The summed E-state index contributed by atoms with van der Waals surface area (Å²) in [7, 11) is 0. The first-order chi connectivity index (χ1) is 8.84. The molecule has 0 spiro atoms. The molecule has 4 heteroatoms. The van der Waals surface area contributed by atoms with E-state index in [2.05, 4.69) is 5.32 Å². The van der Waals surface area contributed by atoms with Gasteiger partial charge in [-0.1, -0.05) is 29.8 Å². The molecule has 0 bridgehead atoms. The normalized spacial score (nSPS) is 27.7. The predicted octanol–water partition coefficient (Wildman–Crippen LogP) is 2.81. The van der Waals surface area contributed by atoms with Crippen LogP contribution in [0.1, 0.15) is 24.4 Å². The number of hydrogen-bond acceptors (Lipinski definition) is 3. The number of benzene rings is 1. The Kier molecular flexibility index (Phi) is 3.52. The van der Waals surface area contributed by atoms with E-state index in [0.717, 1.165) is 29.6 Å². The van der Waals surface area contributed by atoms with Crippen LogP contribution in [0.25, 0.3) is 0 Å². The molecule has 0 radical (unpaired) electrons. The Morgan fingerprint density at radius 3 is 3.00 bits per heavy atom. The molecule has 1 aromatic rings. The zero-order valence-corrected chi connectivity index (χ0v) is 11.0. The third-order valence-electron chi connectivity index (χ3n) is 3.58. The van der Waals surface area contributed by atoms with Crippen LogP contribution in [0.15, 0.2) is 29.3 Å². The highest BCUT2D eigenvalue weighted by Crippen LogP contribution is 2.31. The van der Waals surface area contributed by atoms with Gasteiger partial charge in [-0.05, 0) is 31.0 Å². The van der Waals surface area contributed by atoms with Crippen LogP contribution in [0.4, 0.5) is 0 Å². The smallest absolute Gasteiger partial charge is 0.188 e. The lowest BCUT2D eigenvalue weighted by atomic mass is 9.99. The molecular formula is C14H17ClN2O. The topological polar surface area (TPSA) is 33.6 Å². The number of nitrogens with one attached hydrogen (secondary N) is 1. The van der Waals surface area contributed by atoms with E-state index in [0.29, 0.717) is 12.5 Å². The fraction of sp³-hybridized carbons (Fsp3) is 0.500. The summed E-state index contributed by atoms with van der Waals surface area (Å²) >= 11 is 6.20. The number of nitrogens with zero attached hydrogens (tertiary/aromatic N) is 1. The molecule has 3 rings (SSSR count). The quantitative estimate of drug-likeness (QED) is 0.891. The summed E-state index contributed by atoms with van der Waals surface area (Å²) in [6.07, 6.45) is 2.37. The van der Waals surface area contributed by atoms with Crippen molar-refractivity contribution >= 4 is 17.5 Å². The van der Waals surface area contributed by atoms with Crippen molar-refractivity contribution in [2.45, 2.75) is 18.9 Å². The summed E-state index contributed by atoms with van der Waals surface area (Å²) in [5.41, 5.74) is 1.07. The molecule has 2 atom stereocenters. The lowest BCUT2D eigenvalue weighted by Gasteiger charge is -2.21. The van der Waals surface area contributed by atoms with Crippen molar-refractivity contribution in [1.82, 2.24) is 5.32 Å². The van der Waals surface area contributed by atoms with Crippen molar-refractivity contribution in [3.63, 3.8) is 0 Å². The number of halogens is 1. The molecule has 1 aromatic carbocycles. The van der Waals surface area contributed by atoms with Gasteiger partial charge < -0.3 is 10.1 Å². The summed E-state index contributed by atoms with van der Waals surface area (Å²) in [4.78, 5) is 4.71. The molecule has 0 aliphatic carbocycles. The molecule has 2 aliphatic rings. The van der Waals surface area contributed by atoms with Crippen molar-refractivity contribution in [2.24, 2.45) is 10.9 Å². The summed E-state index contributed by atoms with van der Waals surface area (Å²) in [5, 5.41) is 4.17. The molecule has 96 valence electrons. The summed E-state index contributed by atoms with van der Waals surface area (Å²) in [5.74, 6) is 1.35. The third kappa shape index (κ3) is 2.38. The maximum absolute atomic E-state index is 6.20.